The zero-order chi connectivity index (χ0) is 17.5. The molecule has 0 aliphatic carbocycles. The normalized spacial score (nSPS) is 12.0. The Morgan fingerprint density at radius 3 is 0.833 bits per heavy atom. The first-order valence-electron chi connectivity index (χ1n) is 6.14. The number of fused-ring (bicyclic) bond motifs is 3. The van der Waals surface area contributed by atoms with E-state index < -0.39 is 78.1 Å². The van der Waals surface area contributed by atoms with Gasteiger partial charge in [-0.05, 0) is 0 Å². The predicted molar refractivity (Wildman–Crippen MR) is 70.8 cm³/mol. The summed E-state index contributed by atoms with van der Waals surface area (Å²) in [6.07, 6.45) is 0. The van der Waals surface area contributed by atoms with E-state index in [-0.39, 0.29) is 0 Å². The summed E-state index contributed by atoms with van der Waals surface area (Å²) in [5.74, 6) is -7.15. The van der Waals surface area contributed by atoms with Gasteiger partial charge in [0.25, 0.3) is 0 Å². The van der Waals surface area contributed by atoms with Crippen molar-refractivity contribution in [3.63, 3.8) is 0 Å². The highest BCUT2D eigenvalue weighted by atomic mass is 19.1. The molecule has 0 aliphatic heterocycles. The molecule has 0 bridgehead atoms. The SMILES string of the molecule is O=c1oc(=O)c2c(F)c3c(F)c4c(=O)oc(=O)c4c(F)c3c(F)c12. The average molecular weight is 340 g/mol. The lowest BCUT2D eigenvalue weighted by atomic mass is 10.0. The van der Waals surface area contributed by atoms with Crippen molar-refractivity contribution < 1.29 is 26.4 Å². The van der Waals surface area contributed by atoms with Crippen LogP contribution < -0.4 is 22.5 Å². The van der Waals surface area contributed by atoms with Crippen LogP contribution in [-0.2, 0) is 0 Å². The molecular weight excluding hydrogens is 340 g/mol. The highest BCUT2D eigenvalue weighted by molar-refractivity contribution is 6.06. The molecular formula is C14F4O6. The van der Waals surface area contributed by atoms with Crippen molar-refractivity contribution in [3.05, 3.63) is 64.9 Å². The zero-order valence-corrected chi connectivity index (χ0v) is 11.0. The molecule has 0 saturated heterocycles. The molecule has 2 aromatic carbocycles. The first-order chi connectivity index (χ1) is 11.3. The van der Waals surface area contributed by atoms with E-state index >= 15 is 0 Å². The zero-order valence-electron chi connectivity index (χ0n) is 11.0. The third kappa shape index (κ3) is 1.40. The van der Waals surface area contributed by atoms with Gasteiger partial charge in [0, 0.05) is 0 Å². The fourth-order valence-corrected chi connectivity index (χ4v) is 2.71. The van der Waals surface area contributed by atoms with Crippen LogP contribution >= 0.6 is 0 Å². The summed E-state index contributed by atoms with van der Waals surface area (Å²) in [6, 6.07) is 0. The average Bonchev–Trinajstić information content (AvgIpc) is 2.96. The van der Waals surface area contributed by atoms with E-state index in [1.54, 1.807) is 0 Å². The summed E-state index contributed by atoms with van der Waals surface area (Å²) >= 11 is 0. The van der Waals surface area contributed by atoms with Gasteiger partial charge in [-0.1, -0.05) is 0 Å². The van der Waals surface area contributed by atoms with Crippen LogP contribution in [0.3, 0.4) is 0 Å². The van der Waals surface area contributed by atoms with Gasteiger partial charge in [0.1, 0.15) is 44.8 Å². The molecule has 4 aromatic rings. The highest BCUT2D eigenvalue weighted by Gasteiger charge is 2.31. The van der Waals surface area contributed by atoms with E-state index in [0.717, 1.165) is 0 Å². The van der Waals surface area contributed by atoms with Crippen LogP contribution in [-0.4, -0.2) is 0 Å². The van der Waals surface area contributed by atoms with Crippen LogP contribution in [0.15, 0.2) is 28.0 Å². The van der Waals surface area contributed by atoms with Gasteiger partial charge in [-0.15, -0.1) is 0 Å². The van der Waals surface area contributed by atoms with E-state index in [9.17, 15) is 36.7 Å². The number of furan rings is 2. The smallest absolute Gasteiger partial charge is 0.350 e. The summed E-state index contributed by atoms with van der Waals surface area (Å²) in [7, 11) is 0. The molecule has 0 saturated carbocycles. The van der Waals surface area contributed by atoms with Gasteiger partial charge in [-0.2, -0.15) is 0 Å². The maximum atomic E-state index is 14.4. The first kappa shape index (κ1) is 14.3. The molecule has 2 heterocycles. The van der Waals surface area contributed by atoms with E-state index in [2.05, 4.69) is 8.83 Å². The van der Waals surface area contributed by atoms with Crippen LogP contribution in [0.1, 0.15) is 0 Å². The number of rotatable bonds is 0. The maximum absolute atomic E-state index is 14.4. The minimum Gasteiger partial charge on any atom is -0.385 e. The summed E-state index contributed by atoms with van der Waals surface area (Å²) in [5.41, 5.74) is -6.36. The molecule has 0 atom stereocenters. The minimum atomic E-state index is -1.79. The minimum absolute atomic E-state index is 1.22. The molecule has 4 rings (SSSR count). The van der Waals surface area contributed by atoms with Gasteiger partial charge in [0.15, 0.2) is 0 Å². The van der Waals surface area contributed by atoms with Gasteiger partial charge >= 0.3 is 22.5 Å². The van der Waals surface area contributed by atoms with Gasteiger partial charge in [-0.3, -0.25) is 0 Å². The second-order valence-electron chi connectivity index (χ2n) is 4.86. The van der Waals surface area contributed by atoms with Crippen LogP contribution in [0.4, 0.5) is 17.6 Å². The molecule has 120 valence electrons. The molecule has 0 spiro atoms. The molecule has 0 amide bonds. The van der Waals surface area contributed by atoms with E-state index in [0.29, 0.717) is 0 Å². The summed E-state index contributed by atoms with van der Waals surface area (Å²) in [4.78, 5) is 45.7. The van der Waals surface area contributed by atoms with Crippen molar-refractivity contribution in [2.75, 3.05) is 0 Å². The Morgan fingerprint density at radius 2 is 0.625 bits per heavy atom. The number of hydrogen-bond donors (Lipinski definition) is 0. The molecule has 0 unspecified atom stereocenters. The van der Waals surface area contributed by atoms with Gasteiger partial charge in [-0.25, -0.2) is 36.7 Å². The van der Waals surface area contributed by atoms with Crippen molar-refractivity contribution in [2.24, 2.45) is 0 Å². The molecule has 24 heavy (non-hydrogen) atoms. The van der Waals surface area contributed by atoms with Crippen LogP contribution in [0, 0.1) is 23.3 Å². The van der Waals surface area contributed by atoms with Crippen molar-refractivity contribution >= 4 is 32.3 Å². The third-order valence-corrected chi connectivity index (χ3v) is 3.69. The first-order valence-corrected chi connectivity index (χ1v) is 6.14. The molecule has 0 radical (unpaired) electrons. The molecule has 0 fully saturated rings. The van der Waals surface area contributed by atoms with E-state index in [1.807, 2.05) is 0 Å². The van der Waals surface area contributed by atoms with Crippen molar-refractivity contribution in [3.8, 4) is 0 Å². The van der Waals surface area contributed by atoms with E-state index in [1.165, 1.54) is 0 Å². The van der Waals surface area contributed by atoms with Crippen LogP contribution in [0.25, 0.3) is 32.3 Å². The molecule has 10 heteroatoms. The topological polar surface area (TPSA) is 94.6 Å². The molecule has 0 aliphatic rings. The lowest BCUT2D eigenvalue weighted by Crippen LogP contribution is -2.05. The number of benzene rings is 2. The summed E-state index contributed by atoms with van der Waals surface area (Å²) < 4.78 is 65.8. The van der Waals surface area contributed by atoms with Crippen LogP contribution in [0.2, 0.25) is 0 Å². The Balaban J connectivity index is 2.57. The van der Waals surface area contributed by atoms with Gasteiger partial charge < -0.3 is 8.83 Å². The largest absolute Gasteiger partial charge is 0.385 e. The standard InChI is InChI=1S/C14F4O6/c15-7-1-2(9(17)5-3(7)11(19)23-13(5)21)10(18)6-4(8(1)16)12(20)24-14(6)22. The summed E-state index contributed by atoms with van der Waals surface area (Å²) in [6.45, 7) is 0. The predicted octanol–water partition coefficient (Wildman–Crippen LogP) is 1.21. The fourth-order valence-electron chi connectivity index (χ4n) is 2.71. The van der Waals surface area contributed by atoms with Crippen LogP contribution in [0.5, 0.6) is 0 Å². The number of hydrogen-bond acceptors (Lipinski definition) is 6. The molecule has 6 nitrogen and oxygen atoms in total. The van der Waals surface area contributed by atoms with Crippen molar-refractivity contribution in [1.29, 1.82) is 0 Å². The lowest BCUT2D eigenvalue weighted by molar-refractivity contribution is 0.496. The summed E-state index contributed by atoms with van der Waals surface area (Å²) in [5, 5.41) is -7.69. The van der Waals surface area contributed by atoms with E-state index in [4.69, 9.17) is 0 Å². The highest BCUT2D eigenvalue weighted by Crippen LogP contribution is 2.35. The Labute approximate surface area is 124 Å². The molecule has 2 aromatic heterocycles. The Morgan fingerprint density at radius 1 is 0.417 bits per heavy atom. The lowest BCUT2D eigenvalue weighted by Gasteiger charge is -2.05. The fraction of sp³-hybridized carbons (Fsp3) is 0. The Kier molecular flexibility index (Phi) is 2.48. The van der Waals surface area contributed by atoms with Gasteiger partial charge in [0.2, 0.25) is 0 Å². The number of halogens is 4. The van der Waals surface area contributed by atoms with Crippen molar-refractivity contribution in [2.45, 2.75) is 0 Å². The second kappa shape index (κ2) is 4.16. The third-order valence-electron chi connectivity index (χ3n) is 3.69. The second-order valence-corrected chi connectivity index (χ2v) is 4.86. The molecule has 0 N–H and O–H groups in total. The Hall–Kier alpha value is -3.30. The van der Waals surface area contributed by atoms with Gasteiger partial charge in [0.05, 0.1) is 10.8 Å². The monoisotopic (exact) mass is 340 g/mol. The quantitative estimate of drug-likeness (QED) is 0.447. The Bertz CT molecular complexity index is 1210. The van der Waals surface area contributed by atoms with Crippen molar-refractivity contribution in [1.82, 2.24) is 0 Å². The maximum Gasteiger partial charge on any atom is 0.350 e.